The van der Waals surface area contributed by atoms with Gasteiger partial charge in [-0.25, -0.2) is 0 Å². The van der Waals surface area contributed by atoms with Crippen molar-refractivity contribution in [1.82, 2.24) is 0 Å². The van der Waals surface area contributed by atoms with Crippen LogP contribution in [-0.4, -0.2) is 16.8 Å². The minimum atomic E-state index is 0.178. The Morgan fingerprint density at radius 1 is 1.10 bits per heavy atom. The van der Waals surface area contributed by atoms with E-state index in [1.165, 1.54) is 0 Å². The van der Waals surface area contributed by atoms with E-state index in [4.69, 9.17) is 4.74 Å². The van der Waals surface area contributed by atoms with Crippen LogP contribution in [0.5, 0.6) is 11.5 Å². The summed E-state index contributed by atoms with van der Waals surface area (Å²) in [6, 6.07) is 15.3. The molecule has 0 N–H and O–H groups in total. The number of ether oxygens (including phenoxy) is 1. The van der Waals surface area contributed by atoms with Gasteiger partial charge in [-0.05, 0) is 48.1 Å². The van der Waals surface area contributed by atoms with Gasteiger partial charge in [-0.1, -0.05) is 32.0 Å². The molecule has 2 aromatic carbocycles. The second-order valence-electron chi connectivity index (χ2n) is 5.17. The summed E-state index contributed by atoms with van der Waals surface area (Å²) in [6.07, 6.45) is 0. The van der Waals surface area contributed by atoms with Gasteiger partial charge in [0.25, 0.3) is 0 Å². The number of hydrogen-bond donors (Lipinski definition) is 0. The predicted molar refractivity (Wildman–Crippen MR) is 89.6 cm³/mol. The number of hydrogen-bond acceptors (Lipinski definition) is 3. The average molecular weight is 300 g/mol. The van der Waals surface area contributed by atoms with Crippen LogP contribution in [0.1, 0.15) is 29.8 Å². The van der Waals surface area contributed by atoms with Crippen LogP contribution in [-0.2, 0) is 0 Å². The molecule has 0 aliphatic rings. The van der Waals surface area contributed by atoms with Gasteiger partial charge in [-0.2, -0.15) is 11.8 Å². The highest BCUT2D eigenvalue weighted by Crippen LogP contribution is 2.24. The number of thioether (sulfide) groups is 1. The van der Waals surface area contributed by atoms with Crippen molar-refractivity contribution in [2.24, 2.45) is 0 Å². The smallest absolute Gasteiger partial charge is 0.172 e. The van der Waals surface area contributed by atoms with Crippen molar-refractivity contribution in [3.63, 3.8) is 0 Å². The fourth-order valence-corrected chi connectivity index (χ4v) is 2.60. The SMILES string of the molecule is Cc1cc(Oc2ccccc2)ccc1C(=O)CSC(C)C. The molecule has 0 bridgehead atoms. The zero-order chi connectivity index (χ0) is 15.2. The van der Waals surface area contributed by atoms with E-state index in [-0.39, 0.29) is 5.78 Å². The summed E-state index contributed by atoms with van der Waals surface area (Å²) in [7, 11) is 0. The number of carbonyl (C=O) groups excluding carboxylic acids is 1. The predicted octanol–water partition coefficient (Wildman–Crippen LogP) is 5.11. The maximum absolute atomic E-state index is 12.2. The van der Waals surface area contributed by atoms with Crippen LogP contribution in [0.2, 0.25) is 0 Å². The molecule has 0 saturated heterocycles. The first-order valence-electron chi connectivity index (χ1n) is 7.04. The van der Waals surface area contributed by atoms with E-state index in [1.807, 2.05) is 55.5 Å². The lowest BCUT2D eigenvalue weighted by Gasteiger charge is -2.10. The summed E-state index contributed by atoms with van der Waals surface area (Å²) < 4.78 is 5.78. The lowest BCUT2D eigenvalue weighted by molar-refractivity contribution is 0.102. The zero-order valence-electron chi connectivity index (χ0n) is 12.6. The first-order chi connectivity index (χ1) is 10.1. The van der Waals surface area contributed by atoms with E-state index in [1.54, 1.807) is 11.8 Å². The van der Waals surface area contributed by atoms with E-state index in [0.717, 1.165) is 22.6 Å². The Balaban J connectivity index is 2.08. The highest BCUT2D eigenvalue weighted by atomic mass is 32.2. The van der Waals surface area contributed by atoms with Crippen LogP contribution < -0.4 is 4.74 Å². The molecule has 2 aromatic rings. The van der Waals surface area contributed by atoms with Gasteiger partial charge >= 0.3 is 0 Å². The molecule has 0 atom stereocenters. The number of Topliss-reactive ketones (excluding diaryl/α,β-unsaturated/α-hetero) is 1. The molecule has 0 heterocycles. The highest BCUT2D eigenvalue weighted by Gasteiger charge is 2.11. The van der Waals surface area contributed by atoms with Crippen LogP contribution in [0.15, 0.2) is 48.5 Å². The minimum Gasteiger partial charge on any atom is -0.457 e. The fraction of sp³-hybridized carbons (Fsp3) is 0.278. The summed E-state index contributed by atoms with van der Waals surface area (Å²) in [6.45, 7) is 6.15. The van der Waals surface area contributed by atoms with E-state index in [0.29, 0.717) is 11.0 Å². The number of rotatable bonds is 6. The van der Waals surface area contributed by atoms with E-state index in [9.17, 15) is 4.79 Å². The van der Waals surface area contributed by atoms with Crippen molar-refractivity contribution in [2.75, 3.05) is 5.75 Å². The van der Waals surface area contributed by atoms with Gasteiger partial charge in [0.1, 0.15) is 11.5 Å². The van der Waals surface area contributed by atoms with Crippen LogP contribution in [0.3, 0.4) is 0 Å². The molecule has 3 heteroatoms. The third-order valence-corrected chi connectivity index (χ3v) is 4.12. The van der Waals surface area contributed by atoms with Gasteiger partial charge in [0.05, 0.1) is 5.75 Å². The highest BCUT2D eigenvalue weighted by molar-refractivity contribution is 8.00. The third kappa shape index (κ3) is 4.64. The molecule has 110 valence electrons. The van der Waals surface area contributed by atoms with Gasteiger partial charge in [0.15, 0.2) is 5.78 Å². The Hall–Kier alpha value is -1.74. The minimum absolute atomic E-state index is 0.178. The molecule has 0 aromatic heterocycles. The first-order valence-corrected chi connectivity index (χ1v) is 8.09. The van der Waals surface area contributed by atoms with Crippen molar-refractivity contribution in [3.05, 3.63) is 59.7 Å². The summed E-state index contributed by atoms with van der Waals surface area (Å²) in [4.78, 5) is 12.2. The van der Waals surface area contributed by atoms with E-state index in [2.05, 4.69) is 13.8 Å². The third-order valence-electron chi connectivity index (χ3n) is 3.02. The Kier molecular flexibility index (Phi) is 5.45. The number of ketones is 1. The Bertz CT molecular complexity index is 606. The van der Waals surface area contributed by atoms with Crippen molar-refractivity contribution < 1.29 is 9.53 Å². The maximum atomic E-state index is 12.2. The van der Waals surface area contributed by atoms with Gasteiger partial charge in [0, 0.05) is 5.56 Å². The zero-order valence-corrected chi connectivity index (χ0v) is 13.4. The standard InChI is InChI=1S/C18H20O2S/c1-13(2)21-12-18(19)17-10-9-16(11-14(17)3)20-15-7-5-4-6-8-15/h4-11,13H,12H2,1-3H3. The Labute approximate surface area is 130 Å². The molecule has 0 unspecified atom stereocenters. The topological polar surface area (TPSA) is 26.3 Å². The van der Waals surface area contributed by atoms with Gasteiger partial charge in [-0.3, -0.25) is 4.79 Å². The lowest BCUT2D eigenvalue weighted by atomic mass is 10.1. The first kappa shape index (κ1) is 15.6. The molecule has 0 fully saturated rings. The number of aryl methyl sites for hydroxylation is 1. The second-order valence-corrected chi connectivity index (χ2v) is 6.74. The second kappa shape index (κ2) is 7.32. The normalized spacial score (nSPS) is 10.7. The van der Waals surface area contributed by atoms with Crippen molar-refractivity contribution in [2.45, 2.75) is 26.0 Å². The monoisotopic (exact) mass is 300 g/mol. The van der Waals surface area contributed by atoms with E-state index < -0.39 is 0 Å². The maximum Gasteiger partial charge on any atom is 0.172 e. The van der Waals surface area contributed by atoms with Crippen molar-refractivity contribution in [1.29, 1.82) is 0 Å². The fourth-order valence-electron chi connectivity index (χ4n) is 1.96. The van der Waals surface area contributed by atoms with Gasteiger partial charge in [-0.15, -0.1) is 0 Å². The molecule has 21 heavy (non-hydrogen) atoms. The molecule has 0 aliphatic carbocycles. The van der Waals surface area contributed by atoms with E-state index >= 15 is 0 Å². The van der Waals surface area contributed by atoms with Gasteiger partial charge < -0.3 is 4.74 Å². The summed E-state index contributed by atoms with van der Waals surface area (Å²) in [5, 5.41) is 0.468. The van der Waals surface area contributed by atoms with Crippen LogP contribution in [0.25, 0.3) is 0 Å². The van der Waals surface area contributed by atoms with Crippen molar-refractivity contribution in [3.8, 4) is 11.5 Å². The van der Waals surface area contributed by atoms with Crippen LogP contribution >= 0.6 is 11.8 Å². The number of carbonyl (C=O) groups is 1. The van der Waals surface area contributed by atoms with Gasteiger partial charge in [0.2, 0.25) is 0 Å². The molecule has 0 radical (unpaired) electrons. The molecule has 0 amide bonds. The largest absolute Gasteiger partial charge is 0.457 e. The molecule has 2 rings (SSSR count). The summed E-state index contributed by atoms with van der Waals surface area (Å²) in [5.41, 5.74) is 1.74. The molecular formula is C18H20O2S. The number of benzene rings is 2. The number of para-hydroxylation sites is 1. The van der Waals surface area contributed by atoms with Crippen LogP contribution in [0.4, 0.5) is 0 Å². The molecular weight excluding hydrogens is 280 g/mol. The van der Waals surface area contributed by atoms with Crippen LogP contribution in [0, 0.1) is 6.92 Å². The lowest BCUT2D eigenvalue weighted by Crippen LogP contribution is -2.06. The summed E-state index contributed by atoms with van der Waals surface area (Å²) in [5.74, 6) is 2.26. The van der Waals surface area contributed by atoms with Crippen molar-refractivity contribution >= 4 is 17.5 Å². The molecule has 0 saturated carbocycles. The molecule has 2 nitrogen and oxygen atoms in total. The summed E-state index contributed by atoms with van der Waals surface area (Å²) >= 11 is 1.67. The Morgan fingerprint density at radius 3 is 2.43 bits per heavy atom. The quantitative estimate of drug-likeness (QED) is 0.693. The molecule has 0 spiro atoms. The average Bonchev–Trinajstić information content (AvgIpc) is 2.46. The Morgan fingerprint density at radius 2 is 1.81 bits per heavy atom. The molecule has 0 aliphatic heterocycles.